The third-order valence-electron chi connectivity index (χ3n) is 2.48. The molecule has 0 atom stereocenters. The summed E-state index contributed by atoms with van der Waals surface area (Å²) >= 11 is 0. The first-order valence-corrected chi connectivity index (χ1v) is 5.15. The Labute approximate surface area is 94.5 Å². The summed E-state index contributed by atoms with van der Waals surface area (Å²) < 4.78 is 17.8. The summed E-state index contributed by atoms with van der Waals surface area (Å²) in [6, 6.07) is 14.5. The molecule has 0 bridgehead atoms. The van der Waals surface area contributed by atoms with Crippen LogP contribution in [0.25, 0.3) is 0 Å². The molecule has 0 aliphatic heterocycles. The minimum atomic E-state index is -0.196. The van der Waals surface area contributed by atoms with Crippen molar-refractivity contribution < 1.29 is 9.13 Å². The van der Waals surface area contributed by atoms with Crippen molar-refractivity contribution in [3.8, 4) is 5.75 Å². The van der Waals surface area contributed by atoms with Crippen LogP contribution in [0.2, 0.25) is 0 Å². The van der Waals surface area contributed by atoms with Crippen molar-refractivity contribution in [2.75, 3.05) is 7.11 Å². The number of rotatable bonds is 3. The lowest BCUT2D eigenvalue weighted by Crippen LogP contribution is -1.89. The maximum atomic E-state index is 12.7. The first-order chi connectivity index (χ1) is 7.78. The van der Waals surface area contributed by atoms with E-state index in [0.29, 0.717) is 0 Å². The SMILES string of the molecule is COc1ccc(Cc2ccc(F)cc2)cc1. The van der Waals surface area contributed by atoms with Gasteiger partial charge in [-0.25, -0.2) is 4.39 Å². The van der Waals surface area contributed by atoms with Crippen LogP contribution in [0.1, 0.15) is 11.1 Å². The molecule has 0 aromatic heterocycles. The van der Waals surface area contributed by atoms with Crippen molar-refractivity contribution in [3.05, 3.63) is 65.5 Å². The number of hydrogen-bond donors (Lipinski definition) is 0. The molecule has 0 fully saturated rings. The van der Waals surface area contributed by atoms with Gasteiger partial charge in [-0.15, -0.1) is 0 Å². The molecule has 0 spiro atoms. The van der Waals surface area contributed by atoms with Gasteiger partial charge in [-0.05, 0) is 41.8 Å². The van der Waals surface area contributed by atoms with Crippen molar-refractivity contribution in [2.24, 2.45) is 0 Å². The average Bonchev–Trinajstić information content (AvgIpc) is 2.33. The molecule has 1 nitrogen and oxygen atoms in total. The van der Waals surface area contributed by atoms with E-state index in [1.165, 1.54) is 17.7 Å². The zero-order valence-corrected chi connectivity index (χ0v) is 9.11. The fourth-order valence-corrected chi connectivity index (χ4v) is 1.58. The third kappa shape index (κ3) is 2.60. The topological polar surface area (TPSA) is 9.23 Å². The van der Waals surface area contributed by atoms with E-state index in [4.69, 9.17) is 4.74 Å². The Kier molecular flexibility index (Phi) is 3.20. The smallest absolute Gasteiger partial charge is 0.123 e. The molecule has 2 rings (SSSR count). The van der Waals surface area contributed by atoms with Crippen LogP contribution in [0, 0.1) is 5.82 Å². The summed E-state index contributed by atoms with van der Waals surface area (Å²) in [6.45, 7) is 0. The highest BCUT2D eigenvalue weighted by atomic mass is 19.1. The second kappa shape index (κ2) is 4.79. The highest BCUT2D eigenvalue weighted by Gasteiger charge is 1.97. The van der Waals surface area contributed by atoms with E-state index < -0.39 is 0 Å². The fraction of sp³-hybridized carbons (Fsp3) is 0.143. The predicted molar refractivity (Wildman–Crippen MR) is 62.2 cm³/mol. The normalized spacial score (nSPS) is 10.1. The van der Waals surface area contributed by atoms with Crippen LogP contribution in [0.3, 0.4) is 0 Å². The standard InChI is InChI=1S/C14H13FO/c1-16-14-8-4-12(5-9-14)10-11-2-6-13(15)7-3-11/h2-9H,10H2,1H3. The Morgan fingerprint density at radius 2 is 1.38 bits per heavy atom. The minimum Gasteiger partial charge on any atom is -0.497 e. The monoisotopic (exact) mass is 216 g/mol. The second-order valence-corrected chi connectivity index (χ2v) is 3.65. The van der Waals surface area contributed by atoms with Gasteiger partial charge in [0.25, 0.3) is 0 Å². The van der Waals surface area contributed by atoms with Gasteiger partial charge >= 0.3 is 0 Å². The van der Waals surface area contributed by atoms with E-state index in [-0.39, 0.29) is 5.82 Å². The summed E-state index contributed by atoms with van der Waals surface area (Å²) in [4.78, 5) is 0. The van der Waals surface area contributed by atoms with Gasteiger partial charge in [0.1, 0.15) is 11.6 Å². The molecule has 0 saturated heterocycles. The number of benzene rings is 2. The molecule has 0 aliphatic carbocycles. The number of hydrogen-bond acceptors (Lipinski definition) is 1. The van der Waals surface area contributed by atoms with Gasteiger partial charge in [0, 0.05) is 0 Å². The Morgan fingerprint density at radius 3 is 1.88 bits per heavy atom. The maximum absolute atomic E-state index is 12.7. The van der Waals surface area contributed by atoms with E-state index in [9.17, 15) is 4.39 Å². The molecule has 2 heteroatoms. The van der Waals surface area contributed by atoms with Crippen LogP contribution >= 0.6 is 0 Å². The lowest BCUT2D eigenvalue weighted by Gasteiger charge is -2.03. The number of ether oxygens (including phenoxy) is 1. The van der Waals surface area contributed by atoms with Gasteiger partial charge in [0.15, 0.2) is 0 Å². The van der Waals surface area contributed by atoms with Crippen molar-refractivity contribution >= 4 is 0 Å². The van der Waals surface area contributed by atoms with E-state index >= 15 is 0 Å². The summed E-state index contributed by atoms with van der Waals surface area (Å²) in [6.07, 6.45) is 0.810. The van der Waals surface area contributed by atoms with Gasteiger partial charge < -0.3 is 4.74 Å². The van der Waals surface area contributed by atoms with Gasteiger partial charge in [-0.2, -0.15) is 0 Å². The fourth-order valence-electron chi connectivity index (χ4n) is 1.58. The molecular weight excluding hydrogens is 203 g/mol. The zero-order valence-electron chi connectivity index (χ0n) is 9.11. The Hall–Kier alpha value is -1.83. The summed E-state index contributed by atoms with van der Waals surface area (Å²) in [5, 5.41) is 0. The number of methoxy groups -OCH3 is 1. The summed E-state index contributed by atoms with van der Waals surface area (Å²) in [7, 11) is 1.65. The predicted octanol–water partition coefficient (Wildman–Crippen LogP) is 3.43. The molecular formula is C14H13FO. The van der Waals surface area contributed by atoms with E-state index in [0.717, 1.165) is 17.7 Å². The zero-order chi connectivity index (χ0) is 11.4. The summed E-state index contributed by atoms with van der Waals surface area (Å²) in [5.41, 5.74) is 2.29. The van der Waals surface area contributed by atoms with E-state index in [1.807, 2.05) is 24.3 Å². The molecule has 2 aromatic rings. The molecule has 0 radical (unpaired) electrons. The second-order valence-electron chi connectivity index (χ2n) is 3.65. The molecule has 82 valence electrons. The lowest BCUT2D eigenvalue weighted by atomic mass is 10.1. The van der Waals surface area contributed by atoms with Crippen molar-refractivity contribution in [1.82, 2.24) is 0 Å². The lowest BCUT2D eigenvalue weighted by molar-refractivity contribution is 0.414. The van der Waals surface area contributed by atoms with Crippen LogP contribution in [0.15, 0.2) is 48.5 Å². The Bertz CT molecular complexity index is 445. The molecule has 0 unspecified atom stereocenters. The number of halogens is 1. The summed E-state index contributed by atoms with van der Waals surface area (Å²) in [5.74, 6) is 0.654. The molecule has 16 heavy (non-hydrogen) atoms. The van der Waals surface area contributed by atoms with Gasteiger partial charge in [-0.3, -0.25) is 0 Å². The maximum Gasteiger partial charge on any atom is 0.123 e. The molecule has 0 heterocycles. The Balaban J connectivity index is 2.11. The van der Waals surface area contributed by atoms with Crippen LogP contribution in [-0.4, -0.2) is 7.11 Å². The molecule has 0 N–H and O–H groups in total. The molecule has 0 amide bonds. The van der Waals surface area contributed by atoms with E-state index in [1.54, 1.807) is 19.2 Å². The van der Waals surface area contributed by atoms with Crippen molar-refractivity contribution in [1.29, 1.82) is 0 Å². The first kappa shape index (κ1) is 10.7. The molecule has 2 aromatic carbocycles. The molecule has 0 saturated carbocycles. The first-order valence-electron chi connectivity index (χ1n) is 5.15. The van der Waals surface area contributed by atoms with Crippen molar-refractivity contribution in [3.63, 3.8) is 0 Å². The van der Waals surface area contributed by atoms with E-state index in [2.05, 4.69) is 0 Å². The van der Waals surface area contributed by atoms with Gasteiger partial charge in [0.05, 0.1) is 7.11 Å². The van der Waals surface area contributed by atoms with Crippen LogP contribution in [-0.2, 0) is 6.42 Å². The quantitative estimate of drug-likeness (QED) is 0.763. The van der Waals surface area contributed by atoms with Gasteiger partial charge in [0.2, 0.25) is 0 Å². The van der Waals surface area contributed by atoms with Crippen LogP contribution in [0.4, 0.5) is 4.39 Å². The largest absolute Gasteiger partial charge is 0.497 e. The Morgan fingerprint density at radius 1 is 0.875 bits per heavy atom. The van der Waals surface area contributed by atoms with Crippen molar-refractivity contribution in [2.45, 2.75) is 6.42 Å². The average molecular weight is 216 g/mol. The highest BCUT2D eigenvalue weighted by molar-refractivity contribution is 5.31. The minimum absolute atomic E-state index is 0.196. The van der Waals surface area contributed by atoms with Crippen LogP contribution in [0.5, 0.6) is 5.75 Å². The molecule has 0 aliphatic rings. The van der Waals surface area contributed by atoms with Crippen LogP contribution < -0.4 is 4.74 Å². The highest BCUT2D eigenvalue weighted by Crippen LogP contribution is 2.15. The van der Waals surface area contributed by atoms with Gasteiger partial charge in [-0.1, -0.05) is 24.3 Å². The third-order valence-corrected chi connectivity index (χ3v) is 2.48.